The number of rotatable bonds is 6. The van der Waals surface area contributed by atoms with E-state index in [0.717, 1.165) is 0 Å². The van der Waals surface area contributed by atoms with Gasteiger partial charge in [-0.15, -0.1) is 0 Å². The van der Waals surface area contributed by atoms with Crippen molar-refractivity contribution in [3.8, 4) is 23.0 Å². The smallest absolute Gasteiger partial charge is 0.229 e. The van der Waals surface area contributed by atoms with Crippen LogP contribution in [0.5, 0.6) is 23.0 Å². The molecule has 2 heterocycles. The second-order valence-electron chi connectivity index (χ2n) is 8.08. The zero-order valence-electron chi connectivity index (χ0n) is 18.6. The molecule has 2 aliphatic rings. The van der Waals surface area contributed by atoms with E-state index in [2.05, 4.69) is 0 Å². The molecule has 11 heteroatoms. The second kappa shape index (κ2) is 9.65. The molecule has 2 aromatic rings. The van der Waals surface area contributed by atoms with E-state index in [1.807, 2.05) is 0 Å². The monoisotopic (exact) mass is 477 g/mol. The Labute approximate surface area is 195 Å². The van der Waals surface area contributed by atoms with Crippen LogP contribution in [0.25, 0.3) is 0 Å². The number of anilines is 1. The largest absolute Gasteiger partial charge is 0.507 e. The van der Waals surface area contributed by atoms with Crippen molar-refractivity contribution >= 4 is 11.5 Å². The minimum absolute atomic E-state index is 0.00270. The number of aliphatic hydroxyl groups is 3. The number of nitrogens with two attached hydrogens (primary N) is 1. The van der Waals surface area contributed by atoms with E-state index in [4.69, 9.17) is 29.4 Å². The molecule has 2 aromatic carbocycles. The van der Waals surface area contributed by atoms with E-state index in [0.29, 0.717) is 17.0 Å². The maximum absolute atomic E-state index is 12.8. The van der Waals surface area contributed by atoms with Crippen molar-refractivity contribution in [1.82, 2.24) is 0 Å². The summed E-state index contributed by atoms with van der Waals surface area (Å²) in [5.41, 5.74) is 7.01. The lowest BCUT2D eigenvalue weighted by atomic mass is 9.95. The summed E-state index contributed by atoms with van der Waals surface area (Å²) in [5, 5.41) is 40.7. The van der Waals surface area contributed by atoms with Gasteiger partial charge in [0.2, 0.25) is 6.29 Å². The van der Waals surface area contributed by atoms with Gasteiger partial charge in [0.05, 0.1) is 25.8 Å². The molecule has 6 N–H and O–H groups in total. The Morgan fingerprint density at radius 2 is 1.91 bits per heavy atom. The molecule has 0 bridgehead atoms. The molecule has 11 nitrogen and oxygen atoms in total. The molecule has 34 heavy (non-hydrogen) atoms. The van der Waals surface area contributed by atoms with Crippen LogP contribution in [-0.2, 0) is 9.47 Å². The fourth-order valence-electron chi connectivity index (χ4n) is 4.20. The first-order valence-corrected chi connectivity index (χ1v) is 10.6. The number of aliphatic hydroxyl groups excluding tert-OH is 3. The van der Waals surface area contributed by atoms with Crippen molar-refractivity contribution < 1.29 is 48.9 Å². The van der Waals surface area contributed by atoms with Crippen molar-refractivity contribution in [3.63, 3.8) is 0 Å². The molecule has 0 radical (unpaired) electrons. The van der Waals surface area contributed by atoms with Gasteiger partial charge < -0.3 is 49.8 Å². The molecule has 6 atom stereocenters. The van der Waals surface area contributed by atoms with E-state index in [1.165, 1.54) is 26.4 Å². The van der Waals surface area contributed by atoms with E-state index < -0.39 is 43.4 Å². The van der Waals surface area contributed by atoms with Crippen LogP contribution < -0.4 is 19.9 Å². The predicted molar refractivity (Wildman–Crippen MR) is 117 cm³/mol. The van der Waals surface area contributed by atoms with Gasteiger partial charge in [0.25, 0.3) is 0 Å². The molecule has 184 valence electrons. The summed E-state index contributed by atoms with van der Waals surface area (Å²) in [4.78, 5) is 12.8. The number of ketones is 1. The van der Waals surface area contributed by atoms with Gasteiger partial charge in [0.15, 0.2) is 5.78 Å². The number of nitrogen functional groups attached to an aromatic ring is 1. The molecular weight excluding hydrogens is 450 g/mol. The van der Waals surface area contributed by atoms with Gasteiger partial charge in [0, 0.05) is 19.2 Å². The molecule has 0 spiro atoms. The molecular formula is C23H27NO10. The Morgan fingerprint density at radius 1 is 1.15 bits per heavy atom. The molecule has 4 rings (SSSR count). The third kappa shape index (κ3) is 4.36. The highest BCUT2D eigenvalue weighted by Gasteiger charge is 2.46. The van der Waals surface area contributed by atoms with Crippen LogP contribution in [0.3, 0.4) is 0 Å². The van der Waals surface area contributed by atoms with Crippen LogP contribution in [0.15, 0.2) is 30.3 Å². The van der Waals surface area contributed by atoms with Gasteiger partial charge in [-0.25, -0.2) is 0 Å². The second-order valence-corrected chi connectivity index (χ2v) is 8.08. The molecule has 4 unspecified atom stereocenters. The normalized spacial score (nSPS) is 28.7. The lowest BCUT2D eigenvalue weighted by Crippen LogP contribution is -2.60. The number of hydrogen-bond donors (Lipinski definition) is 5. The number of phenolic OH excluding ortho intramolecular Hbond substituents is 1. The number of Topliss-reactive ketones (excluding diaryl/α,β-unsaturated/α-hetero) is 1. The summed E-state index contributed by atoms with van der Waals surface area (Å²) in [6, 6.07) is 7.61. The molecule has 0 aromatic heterocycles. The van der Waals surface area contributed by atoms with Crippen LogP contribution >= 0.6 is 0 Å². The molecule has 0 amide bonds. The summed E-state index contributed by atoms with van der Waals surface area (Å²) in [5.74, 6) is -0.126. The average molecular weight is 477 g/mol. The quantitative estimate of drug-likeness (QED) is 0.368. The van der Waals surface area contributed by atoms with Gasteiger partial charge >= 0.3 is 0 Å². The van der Waals surface area contributed by atoms with Gasteiger partial charge in [-0.05, 0) is 17.7 Å². The Bertz CT molecular complexity index is 1060. The Balaban J connectivity index is 1.59. The van der Waals surface area contributed by atoms with E-state index in [9.17, 15) is 25.2 Å². The topological polar surface area (TPSA) is 170 Å². The first kappa shape index (κ1) is 24.0. The van der Waals surface area contributed by atoms with E-state index >= 15 is 0 Å². The zero-order valence-corrected chi connectivity index (χ0v) is 18.6. The fraction of sp³-hybridized carbons (Fsp3) is 0.435. The summed E-state index contributed by atoms with van der Waals surface area (Å²) in [6.45, 7) is -0.484. The number of ether oxygens (including phenoxy) is 5. The third-order valence-electron chi connectivity index (χ3n) is 5.94. The first-order valence-electron chi connectivity index (χ1n) is 10.6. The first-order chi connectivity index (χ1) is 16.3. The average Bonchev–Trinajstić information content (AvgIpc) is 2.81. The van der Waals surface area contributed by atoms with E-state index in [-0.39, 0.29) is 35.0 Å². The van der Waals surface area contributed by atoms with Crippen molar-refractivity contribution in [1.29, 1.82) is 0 Å². The van der Waals surface area contributed by atoms with Gasteiger partial charge in [-0.2, -0.15) is 0 Å². The van der Waals surface area contributed by atoms with Crippen molar-refractivity contribution in [2.45, 2.75) is 43.2 Å². The Kier molecular flexibility index (Phi) is 6.82. The Hall–Kier alpha value is -3.09. The maximum atomic E-state index is 12.8. The lowest BCUT2D eigenvalue weighted by molar-refractivity contribution is -0.281. The summed E-state index contributed by atoms with van der Waals surface area (Å²) in [7, 11) is 2.81. The molecule has 1 saturated heterocycles. The Morgan fingerprint density at radius 3 is 2.56 bits per heavy atom. The summed E-state index contributed by atoms with van der Waals surface area (Å²) in [6.07, 6.45) is -6.88. The number of aromatic hydroxyl groups is 1. The van der Waals surface area contributed by atoms with Crippen molar-refractivity contribution in [2.75, 3.05) is 26.6 Å². The summed E-state index contributed by atoms with van der Waals surface area (Å²) >= 11 is 0. The van der Waals surface area contributed by atoms with E-state index in [1.54, 1.807) is 18.2 Å². The molecule has 0 aliphatic carbocycles. The number of phenols is 1. The number of fused-ring (bicyclic) bond motifs is 1. The van der Waals surface area contributed by atoms with Crippen LogP contribution in [0, 0.1) is 0 Å². The van der Waals surface area contributed by atoms with Crippen LogP contribution in [0.2, 0.25) is 0 Å². The summed E-state index contributed by atoms with van der Waals surface area (Å²) < 4.78 is 27.4. The molecule has 0 saturated carbocycles. The van der Waals surface area contributed by atoms with Gasteiger partial charge in [0.1, 0.15) is 59.1 Å². The fourth-order valence-corrected chi connectivity index (χ4v) is 4.20. The van der Waals surface area contributed by atoms with Crippen molar-refractivity contribution in [2.24, 2.45) is 0 Å². The predicted octanol–water partition coefficient (Wildman–Crippen LogP) is 0.522. The van der Waals surface area contributed by atoms with Gasteiger partial charge in [-0.1, -0.05) is 6.07 Å². The SMILES string of the molecule is COc1ccc(C2CC(=O)c3c(O)cc(O[C@@H]4OC(CO)[C@@H](OC)C(O)C4O)cc3O2)cc1N. The number of carbonyl (C=O) groups excluding carboxylic acids is 1. The highest BCUT2D eigenvalue weighted by Crippen LogP contribution is 2.43. The minimum Gasteiger partial charge on any atom is -0.507 e. The molecule has 1 fully saturated rings. The molecule has 2 aliphatic heterocycles. The standard InChI is InChI=1S/C23H27NO10/c1-30-15-4-3-10(5-12(15)24)16-8-14(27)19-13(26)6-11(7-17(19)33-16)32-23-21(29)20(28)22(31-2)18(9-25)34-23/h3-7,16,18,20-23,25-26,28-29H,8-9,24H2,1-2H3/t16?,18?,20?,21?,22-,23-/m1/s1. The number of carbonyl (C=O) groups is 1. The van der Waals surface area contributed by atoms with Crippen molar-refractivity contribution in [3.05, 3.63) is 41.5 Å². The maximum Gasteiger partial charge on any atom is 0.229 e. The lowest BCUT2D eigenvalue weighted by Gasteiger charge is -2.41. The third-order valence-corrected chi connectivity index (χ3v) is 5.94. The zero-order chi connectivity index (χ0) is 24.6. The minimum atomic E-state index is -1.51. The number of methoxy groups -OCH3 is 2. The highest BCUT2D eigenvalue weighted by atomic mass is 16.7. The van der Waals surface area contributed by atoms with Crippen LogP contribution in [-0.4, -0.2) is 77.7 Å². The highest BCUT2D eigenvalue weighted by molar-refractivity contribution is 6.02. The van der Waals surface area contributed by atoms with Gasteiger partial charge in [-0.3, -0.25) is 4.79 Å². The van der Waals surface area contributed by atoms with Crippen LogP contribution in [0.4, 0.5) is 5.69 Å². The van der Waals surface area contributed by atoms with Crippen LogP contribution in [0.1, 0.15) is 28.4 Å². The number of hydrogen-bond acceptors (Lipinski definition) is 11. The number of benzene rings is 2.